The van der Waals surface area contributed by atoms with Crippen molar-refractivity contribution in [3.8, 4) is 0 Å². The first-order valence-corrected chi connectivity index (χ1v) is 10.1. The number of benzene rings is 2. The molecule has 0 saturated carbocycles. The first-order chi connectivity index (χ1) is 14.1. The zero-order valence-electron chi connectivity index (χ0n) is 17.0. The van der Waals surface area contributed by atoms with E-state index in [-0.39, 0.29) is 19.1 Å². The topological polar surface area (TPSA) is 78.9 Å². The summed E-state index contributed by atoms with van der Waals surface area (Å²) in [6.07, 6.45) is 3.71. The summed E-state index contributed by atoms with van der Waals surface area (Å²) in [5.74, 6) is -0.193. The Kier molecular flexibility index (Phi) is 9.72. The second kappa shape index (κ2) is 12.6. The van der Waals surface area contributed by atoms with Crippen LogP contribution in [0.2, 0.25) is 0 Å². The van der Waals surface area contributed by atoms with Gasteiger partial charge in [0.15, 0.2) is 0 Å². The molecular formula is C23H30N2O4. The Morgan fingerprint density at radius 1 is 1.00 bits per heavy atom. The lowest BCUT2D eigenvalue weighted by Gasteiger charge is -2.21. The normalized spacial score (nSPS) is 10.4. The van der Waals surface area contributed by atoms with Gasteiger partial charge in [0, 0.05) is 24.3 Å². The molecule has 0 radical (unpaired) electrons. The number of hydrogen-bond acceptors (Lipinski definition) is 4. The highest BCUT2D eigenvalue weighted by atomic mass is 16.6. The summed E-state index contributed by atoms with van der Waals surface area (Å²) in [4.78, 5) is 26.1. The van der Waals surface area contributed by atoms with E-state index in [1.165, 1.54) is 4.90 Å². The number of anilines is 1. The van der Waals surface area contributed by atoms with Gasteiger partial charge in [-0.05, 0) is 36.2 Å². The molecule has 0 aliphatic heterocycles. The lowest BCUT2D eigenvalue weighted by atomic mass is 10.1. The molecule has 0 aromatic heterocycles. The highest BCUT2D eigenvalue weighted by molar-refractivity contribution is 6.04. The molecule has 0 bridgehead atoms. The number of amides is 2. The van der Waals surface area contributed by atoms with Crippen molar-refractivity contribution >= 4 is 17.7 Å². The largest absolute Gasteiger partial charge is 0.449 e. The molecule has 0 heterocycles. The van der Waals surface area contributed by atoms with E-state index < -0.39 is 6.09 Å². The number of nitrogens with zero attached hydrogens (tertiary/aromatic N) is 1. The van der Waals surface area contributed by atoms with E-state index in [0.29, 0.717) is 18.7 Å². The molecule has 0 aliphatic rings. The summed E-state index contributed by atoms with van der Waals surface area (Å²) >= 11 is 0. The highest BCUT2D eigenvalue weighted by Crippen LogP contribution is 2.12. The van der Waals surface area contributed by atoms with Crippen LogP contribution >= 0.6 is 0 Å². The van der Waals surface area contributed by atoms with Gasteiger partial charge in [-0.2, -0.15) is 0 Å². The first-order valence-electron chi connectivity index (χ1n) is 10.1. The summed E-state index contributed by atoms with van der Waals surface area (Å²) in [5.41, 5.74) is 2.12. The third-order valence-corrected chi connectivity index (χ3v) is 4.47. The van der Waals surface area contributed by atoms with Gasteiger partial charge in [0.25, 0.3) is 5.91 Å². The molecule has 2 aromatic carbocycles. The molecule has 6 nitrogen and oxygen atoms in total. The Balaban J connectivity index is 1.89. The molecule has 29 heavy (non-hydrogen) atoms. The van der Waals surface area contributed by atoms with E-state index in [2.05, 4.69) is 12.2 Å². The Bertz CT molecular complexity index is 747. The van der Waals surface area contributed by atoms with Crippen molar-refractivity contribution in [1.82, 2.24) is 4.90 Å². The van der Waals surface area contributed by atoms with Crippen molar-refractivity contribution in [3.05, 3.63) is 65.7 Å². The third kappa shape index (κ3) is 7.95. The predicted octanol–water partition coefficient (Wildman–Crippen LogP) is 4.45. The van der Waals surface area contributed by atoms with Gasteiger partial charge >= 0.3 is 6.09 Å². The molecule has 2 rings (SSSR count). The van der Waals surface area contributed by atoms with Crippen LogP contribution in [0.4, 0.5) is 10.5 Å². The van der Waals surface area contributed by atoms with Gasteiger partial charge in [-0.25, -0.2) is 4.79 Å². The molecular weight excluding hydrogens is 368 g/mol. The van der Waals surface area contributed by atoms with Crippen LogP contribution in [-0.4, -0.2) is 41.8 Å². The second-order valence-electron chi connectivity index (χ2n) is 6.84. The minimum absolute atomic E-state index is 0.136. The zero-order chi connectivity index (χ0) is 20.9. The number of carbonyl (C=O) groups excluding carboxylic acids is 2. The molecule has 0 spiro atoms. The maximum absolute atomic E-state index is 12.3. The van der Waals surface area contributed by atoms with Crippen molar-refractivity contribution in [3.63, 3.8) is 0 Å². The molecule has 0 saturated heterocycles. The van der Waals surface area contributed by atoms with Gasteiger partial charge in [-0.1, -0.05) is 56.5 Å². The Labute approximate surface area is 172 Å². The summed E-state index contributed by atoms with van der Waals surface area (Å²) in [7, 11) is 0. The molecule has 2 aromatic rings. The van der Waals surface area contributed by atoms with Gasteiger partial charge in [0.05, 0.1) is 13.2 Å². The fourth-order valence-corrected chi connectivity index (χ4v) is 2.84. The van der Waals surface area contributed by atoms with Gasteiger partial charge < -0.3 is 20.1 Å². The molecule has 0 aliphatic carbocycles. The predicted molar refractivity (Wildman–Crippen MR) is 114 cm³/mol. The number of nitrogens with one attached hydrogen (secondary N) is 1. The highest BCUT2D eigenvalue weighted by Gasteiger charge is 2.15. The number of aliphatic hydroxyl groups excluding tert-OH is 1. The standard InChI is InChI=1S/C23H30N2O4/c1-2-3-4-8-17-29-23(28)25(15-16-26)18-19-11-13-20(14-12-19)22(27)24-21-9-6-5-7-10-21/h5-7,9-14,26H,2-4,8,15-18H2,1H3,(H,24,27). The zero-order valence-corrected chi connectivity index (χ0v) is 17.0. The molecule has 0 unspecified atom stereocenters. The van der Waals surface area contributed by atoms with Gasteiger partial charge in [-0.15, -0.1) is 0 Å². The Morgan fingerprint density at radius 3 is 2.38 bits per heavy atom. The molecule has 2 N–H and O–H groups in total. The monoisotopic (exact) mass is 398 g/mol. The fourth-order valence-electron chi connectivity index (χ4n) is 2.84. The minimum atomic E-state index is -0.429. The van der Waals surface area contributed by atoms with Gasteiger partial charge in [0.2, 0.25) is 0 Å². The van der Waals surface area contributed by atoms with Crippen molar-refractivity contribution in [1.29, 1.82) is 0 Å². The van der Waals surface area contributed by atoms with Gasteiger partial charge in [-0.3, -0.25) is 4.79 Å². The smallest absolute Gasteiger partial charge is 0.410 e. The number of carbonyl (C=O) groups is 2. The van der Waals surface area contributed by atoms with Crippen LogP contribution in [0.15, 0.2) is 54.6 Å². The average molecular weight is 399 g/mol. The van der Waals surface area contributed by atoms with Crippen molar-refractivity contribution in [2.75, 3.05) is 25.1 Å². The van der Waals surface area contributed by atoms with E-state index in [1.54, 1.807) is 24.3 Å². The summed E-state index contributed by atoms with van der Waals surface area (Å²) in [5, 5.41) is 12.1. The van der Waals surface area contributed by atoms with Crippen LogP contribution in [0.5, 0.6) is 0 Å². The van der Waals surface area contributed by atoms with E-state index in [4.69, 9.17) is 4.74 Å². The molecule has 0 fully saturated rings. The maximum Gasteiger partial charge on any atom is 0.410 e. The Hall–Kier alpha value is -2.86. The first kappa shape index (κ1) is 22.4. The SMILES string of the molecule is CCCCCCOC(=O)N(CCO)Cc1ccc(C(=O)Nc2ccccc2)cc1. The van der Waals surface area contributed by atoms with E-state index in [1.807, 2.05) is 30.3 Å². The minimum Gasteiger partial charge on any atom is -0.449 e. The Morgan fingerprint density at radius 2 is 1.72 bits per heavy atom. The summed E-state index contributed by atoms with van der Waals surface area (Å²) < 4.78 is 5.32. The van der Waals surface area contributed by atoms with Crippen LogP contribution in [0.25, 0.3) is 0 Å². The molecule has 6 heteroatoms. The maximum atomic E-state index is 12.3. The third-order valence-electron chi connectivity index (χ3n) is 4.47. The summed E-state index contributed by atoms with van der Waals surface area (Å²) in [6, 6.07) is 16.3. The van der Waals surface area contributed by atoms with Crippen molar-refractivity contribution in [2.45, 2.75) is 39.2 Å². The van der Waals surface area contributed by atoms with E-state index >= 15 is 0 Å². The van der Waals surface area contributed by atoms with E-state index in [0.717, 1.165) is 36.9 Å². The molecule has 2 amide bonds. The van der Waals surface area contributed by atoms with Crippen molar-refractivity contribution < 1.29 is 19.4 Å². The van der Waals surface area contributed by atoms with Crippen LogP contribution < -0.4 is 5.32 Å². The quantitative estimate of drug-likeness (QED) is 0.548. The molecule has 156 valence electrons. The second-order valence-corrected chi connectivity index (χ2v) is 6.84. The lowest BCUT2D eigenvalue weighted by molar-refractivity contribution is 0.0898. The van der Waals surface area contributed by atoms with Gasteiger partial charge in [0.1, 0.15) is 0 Å². The number of hydrogen-bond donors (Lipinski definition) is 2. The lowest BCUT2D eigenvalue weighted by Crippen LogP contribution is -2.33. The average Bonchev–Trinajstić information content (AvgIpc) is 2.74. The number of rotatable bonds is 11. The van der Waals surface area contributed by atoms with Crippen LogP contribution in [0.3, 0.4) is 0 Å². The number of ether oxygens (including phenoxy) is 1. The fraction of sp³-hybridized carbons (Fsp3) is 0.391. The number of aliphatic hydroxyl groups is 1. The van der Waals surface area contributed by atoms with Crippen LogP contribution in [0.1, 0.15) is 48.5 Å². The van der Waals surface area contributed by atoms with Crippen LogP contribution in [-0.2, 0) is 11.3 Å². The van der Waals surface area contributed by atoms with Crippen LogP contribution in [0, 0.1) is 0 Å². The van der Waals surface area contributed by atoms with Crippen molar-refractivity contribution in [2.24, 2.45) is 0 Å². The number of para-hydroxylation sites is 1. The molecule has 0 atom stereocenters. The number of unbranched alkanes of at least 4 members (excludes halogenated alkanes) is 3. The van der Waals surface area contributed by atoms with E-state index in [9.17, 15) is 14.7 Å². The summed E-state index contributed by atoms with van der Waals surface area (Å²) in [6.45, 7) is 2.90.